The Morgan fingerprint density at radius 2 is 1.11 bits per heavy atom. The summed E-state index contributed by atoms with van der Waals surface area (Å²) in [5.74, 6) is -0.0777. The Hall–Kier alpha value is -0.870. The van der Waals surface area contributed by atoms with Crippen LogP contribution in [0.15, 0.2) is 12.2 Å². The average Bonchev–Trinajstić information content (AvgIpc) is 2.84. The van der Waals surface area contributed by atoms with Crippen molar-refractivity contribution in [1.82, 2.24) is 5.32 Å². The largest absolute Gasteiger partial charge is 0.394 e. The van der Waals surface area contributed by atoms with Crippen molar-refractivity contribution in [2.45, 2.75) is 174 Å². The Bertz CT molecular complexity index is 490. The van der Waals surface area contributed by atoms with Crippen LogP contribution in [0.3, 0.4) is 0 Å². The third-order valence-corrected chi connectivity index (χ3v) is 7.16. The van der Waals surface area contributed by atoms with Crippen molar-refractivity contribution < 1.29 is 15.0 Å². The number of allylic oxidation sites excluding steroid dienone is 1. The molecule has 0 aliphatic rings. The first-order valence-corrected chi connectivity index (χ1v) is 15.3. The van der Waals surface area contributed by atoms with Crippen LogP contribution in [0.4, 0.5) is 0 Å². The Labute approximate surface area is 218 Å². The minimum absolute atomic E-state index is 0.0777. The Morgan fingerprint density at radius 3 is 1.54 bits per heavy atom. The van der Waals surface area contributed by atoms with E-state index in [1.165, 1.54) is 109 Å². The Balaban J connectivity index is 3.86. The van der Waals surface area contributed by atoms with Gasteiger partial charge in [-0.25, -0.2) is 0 Å². The number of hydrogen-bond acceptors (Lipinski definition) is 3. The highest BCUT2D eigenvalue weighted by molar-refractivity contribution is 5.76. The molecular formula is C31H61NO3. The fourth-order valence-corrected chi connectivity index (χ4v) is 4.60. The van der Waals surface area contributed by atoms with Crippen LogP contribution >= 0.6 is 0 Å². The molecule has 0 bridgehead atoms. The van der Waals surface area contributed by atoms with Crippen LogP contribution in [0.5, 0.6) is 0 Å². The van der Waals surface area contributed by atoms with Crippen LogP contribution < -0.4 is 5.32 Å². The summed E-state index contributed by atoms with van der Waals surface area (Å²) >= 11 is 0. The van der Waals surface area contributed by atoms with E-state index in [1.54, 1.807) is 13.0 Å². The quantitative estimate of drug-likeness (QED) is 0.0833. The van der Waals surface area contributed by atoms with Gasteiger partial charge in [0.15, 0.2) is 0 Å². The molecule has 1 amide bonds. The average molecular weight is 496 g/mol. The van der Waals surface area contributed by atoms with Gasteiger partial charge in [0.2, 0.25) is 5.91 Å². The van der Waals surface area contributed by atoms with Crippen LogP contribution in [0.1, 0.15) is 162 Å². The second-order valence-corrected chi connectivity index (χ2v) is 10.8. The van der Waals surface area contributed by atoms with E-state index in [9.17, 15) is 15.0 Å². The highest BCUT2D eigenvalue weighted by Crippen LogP contribution is 2.16. The van der Waals surface area contributed by atoms with Crippen molar-refractivity contribution in [3.8, 4) is 0 Å². The first-order chi connectivity index (χ1) is 17.0. The molecule has 0 unspecified atom stereocenters. The SMILES string of the molecule is CCCCCCCCCCCCC/C=C\[C@@](C)(O)[C@H](CO)NC(=O)CCCCCCCCCCC. The van der Waals surface area contributed by atoms with Gasteiger partial charge in [-0.3, -0.25) is 4.79 Å². The molecule has 0 saturated heterocycles. The Morgan fingerprint density at radius 1 is 0.714 bits per heavy atom. The number of carbonyl (C=O) groups excluding carboxylic acids is 1. The zero-order valence-corrected chi connectivity index (χ0v) is 23.8. The Kier molecular flexibility index (Phi) is 24.2. The monoisotopic (exact) mass is 495 g/mol. The molecule has 0 fully saturated rings. The van der Waals surface area contributed by atoms with Crippen molar-refractivity contribution in [3.05, 3.63) is 12.2 Å². The van der Waals surface area contributed by atoms with E-state index in [0.29, 0.717) is 6.42 Å². The van der Waals surface area contributed by atoms with Crippen LogP contribution in [0.25, 0.3) is 0 Å². The first-order valence-electron chi connectivity index (χ1n) is 15.3. The fourth-order valence-electron chi connectivity index (χ4n) is 4.60. The summed E-state index contributed by atoms with van der Waals surface area (Å²) in [5.41, 5.74) is -1.24. The van der Waals surface area contributed by atoms with Crippen molar-refractivity contribution in [2.24, 2.45) is 0 Å². The third kappa shape index (κ3) is 22.1. The molecule has 0 heterocycles. The van der Waals surface area contributed by atoms with Gasteiger partial charge in [0, 0.05) is 6.42 Å². The third-order valence-electron chi connectivity index (χ3n) is 7.16. The summed E-state index contributed by atoms with van der Waals surface area (Å²) in [6.07, 6.45) is 30.7. The number of rotatable bonds is 26. The van der Waals surface area contributed by atoms with E-state index in [-0.39, 0.29) is 12.5 Å². The fraction of sp³-hybridized carbons (Fsp3) is 0.903. The van der Waals surface area contributed by atoms with E-state index in [2.05, 4.69) is 19.2 Å². The van der Waals surface area contributed by atoms with Gasteiger partial charge < -0.3 is 15.5 Å². The summed E-state index contributed by atoms with van der Waals surface area (Å²) in [4.78, 5) is 12.3. The van der Waals surface area contributed by atoms with Crippen molar-refractivity contribution in [1.29, 1.82) is 0 Å². The normalized spacial score (nSPS) is 14.3. The van der Waals surface area contributed by atoms with Crippen LogP contribution in [-0.4, -0.2) is 34.4 Å². The number of aliphatic hydroxyl groups excluding tert-OH is 1. The van der Waals surface area contributed by atoms with Crippen LogP contribution in [0, 0.1) is 0 Å². The number of nitrogens with one attached hydrogen (secondary N) is 1. The molecular weight excluding hydrogens is 434 g/mol. The van der Waals surface area contributed by atoms with Gasteiger partial charge in [-0.2, -0.15) is 0 Å². The molecule has 2 atom stereocenters. The molecule has 0 aliphatic heterocycles. The molecule has 0 aromatic carbocycles. The molecule has 0 spiro atoms. The lowest BCUT2D eigenvalue weighted by Gasteiger charge is -2.29. The zero-order valence-electron chi connectivity index (χ0n) is 23.8. The maximum absolute atomic E-state index is 12.3. The number of aliphatic hydroxyl groups is 2. The molecule has 0 saturated carbocycles. The van der Waals surface area contributed by atoms with Crippen molar-refractivity contribution >= 4 is 5.91 Å². The zero-order chi connectivity index (χ0) is 26.0. The van der Waals surface area contributed by atoms with Crippen molar-refractivity contribution in [3.63, 3.8) is 0 Å². The highest BCUT2D eigenvalue weighted by atomic mass is 16.3. The lowest BCUT2D eigenvalue weighted by molar-refractivity contribution is -0.124. The van der Waals surface area contributed by atoms with Gasteiger partial charge >= 0.3 is 0 Å². The van der Waals surface area contributed by atoms with E-state index < -0.39 is 11.6 Å². The molecule has 0 radical (unpaired) electrons. The van der Waals surface area contributed by atoms with Gasteiger partial charge in [0.25, 0.3) is 0 Å². The minimum Gasteiger partial charge on any atom is -0.394 e. The molecule has 0 aliphatic carbocycles. The molecule has 35 heavy (non-hydrogen) atoms. The number of hydrogen-bond donors (Lipinski definition) is 3. The van der Waals surface area contributed by atoms with E-state index in [4.69, 9.17) is 0 Å². The van der Waals surface area contributed by atoms with E-state index in [0.717, 1.165) is 25.7 Å². The highest BCUT2D eigenvalue weighted by Gasteiger charge is 2.29. The van der Waals surface area contributed by atoms with Gasteiger partial charge in [-0.05, 0) is 26.2 Å². The van der Waals surface area contributed by atoms with Gasteiger partial charge in [0.1, 0.15) is 5.60 Å². The van der Waals surface area contributed by atoms with Crippen LogP contribution in [0.2, 0.25) is 0 Å². The molecule has 208 valence electrons. The lowest BCUT2D eigenvalue weighted by atomic mass is 9.95. The first kappa shape index (κ1) is 34.1. The predicted molar refractivity (Wildman–Crippen MR) is 152 cm³/mol. The summed E-state index contributed by atoms with van der Waals surface area (Å²) in [6, 6.07) is -0.665. The summed E-state index contributed by atoms with van der Waals surface area (Å²) in [7, 11) is 0. The van der Waals surface area contributed by atoms with Crippen LogP contribution in [-0.2, 0) is 4.79 Å². The molecule has 3 N–H and O–H groups in total. The topological polar surface area (TPSA) is 69.6 Å². The second kappa shape index (κ2) is 24.8. The molecule has 4 nitrogen and oxygen atoms in total. The minimum atomic E-state index is -1.24. The second-order valence-electron chi connectivity index (χ2n) is 10.8. The molecule has 4 heteroatoms. The van der Waals surface area contributed by atoms with Crippen molar-refractivity contribution in [2.75, 3.05) is 6.61 Å². The lowest BCUT2D eigenvalue weighted by Crippen LogP contribution is -2.52. The standard InChI is InChI=1S/C31H61NO3/c1-4-6-8-10-12-14-15-16-17-19-21-23-25-27-31(3,35)29(28-33)32-30(34)26-24-22-20-18-13-11-9-7-5-2/h25,27,29,33,35H,4-24,26,28H2,1-3H3,(H,32,34)/b27-25-/t29-,31+/m0/s1. The van der Waals surface area contributed by atoms with E-state index >= 15 is 0 Å². The summed E-state index contributed by atoms with van der Waals surface area (Å²) in [5, 5.41) is 23.3. The summed E-state index contributed by atoms with van der Waals surface area (Å²) in [6.45, 7) is 5.91. The maximum Gasteiger partial charge on any atom is 0.220 e. The van der Waals surface area contributed by atoms with E-state index in [1.807, 2.05) is 6.08 Å². The number of carbonyl (C=O) groups is 1. The van der Waals surface area contributed by atoms with Gasteiger partial charge in [0.05, 0.1) is 12.6 Å². The number of unbranched alkanes of at least 4 members (excludes halogenated alkanes) is 19. The molecule has 0 aromatic rings. The summed E-state index contributed by atoms with van der Waals surface area (Å²) < 4.78 is 0. The smallest absolute Gasteiger partial charge is 0.220 e. The maximum atomic E-state index is 12.3. The van der Waals surface area contributed by atoms with Gasteiger partial charge in [-0.15, -0.1) is 0 Å². The molecule has 0 aromatic heterocycles. The van der Waals surface area contributed by atoms with Gasteiger partial charge in [-0.1, -0.05) is 142 Å². The number of amides is 1. The predicted octanol–water partition coefficient (Wildman–Crippen LogP) is 8.39. The molecule has 0 rings (SSSR count).